The highest BCUT2D eigenvalue weighted by atomic mass is 16.7. The van der Waals surface area contributed by atoms with Gasteiger partial charge in [0.25, 0.3) is 0 Å². The standard InChI is InChI=1S/C8H6N2O3/c11-6-2-1-5-7(3-4-9-5)13-10-8(6)12/h1,3-4H,2H2,(H,10,12)/b5-1+. The van der Waals surface area contributed by atoms with Crippen LogP contribution in [0.4, 0.5) is 0 Å². The van der Waals surface area contributed by atoms with E-state index in [-0.39, 0.29) is 6.42 Å². The zero-order chi connectivity index (χ0) is 9.26. The number of nitrogens with one attached hydrogen (secondary N) is 1. The quantitative estimate of drug-likeness (QED) is 0.525. The Bertz CT molecular complexity index is 366. The number of carbonyl (C=O) groups is 2. The van der Waals surface area contributed by atoms with Crippen molar-refractivity contribution in [2.75, 3.05) is 0 Å². The summed E-state index contributed by atoms with van der Waals surface area (Å²) in [4.78, 5) is 30.6. The molecule has 0 unspecified atom stereocenters. The normalized spacial score (nSPS) is 24.6. The summed E-state index contributed by atoms with van der Waals surface area (Å²) in [5, 5.41) is 0. The Kier molecular flexibility index (Phi) is 1.70. The molecule has 0 saturated carbocycles. The zero-order valence-electron chi connectivity index (χ0n) is 6.61. The van der Waals surface area contributed by atoms with Crippen LogP contribution in [0.3, 0.4) is 0 Å². The summed E-state index contributed by atoms with van der Waals surface area (Å²) < 4.78 is 0. The van der Waals surface area contributed by atoms with Crippen molar-refractivity contribution >= 4 is 17.9 Å². The van der Waals surface area contributed by atoms with E-state index in [4.69, 9.17) is 4.84 Å². The Hall–Kier alpha value is -1.91. The van der Waals surface area contributed by atoms with Gasteiger partial charge in [-0.3, -0.25) is 14.6 Å². The molecule has 5 heteroatoms. The van der Waals surface area contributed by atoms with Crippen molar-refractivity contribution in [2.45, 2.75) is 6.42 Å². The average Bonchev–Trinajstić information content (AvgIpc) is 2.55. The van der Waals surface area contributed by atoms with Gasteiger partial charge in [-0.2, -0.15) is 5.48 Å². The molecule has 0 fully saturated rings. The van der Waals surface area contributed by atoms with Gasteiger partial charge in [-0.05, 0) is 6.08 Å². The lowest BCUT2D eigenvalue weighted by molar-refractivity contribution is -0.143. The maximum absolute atomic E-state index is 10.9. The fourth-order valence-corrected chi connectivity index (χ4v) is 1.01. The topological polar surface area (TPSA) is 67.8 Å². The highest BCUT2D eigenvalue weighted by molar-refractivity contribution is 6.36. The van der Waals surface area contributed by atoms with Crippen LogP contribution in [0.5, 0.6) is 0 Å². The molecule has 66 valence electrons. The van der Waals surface area contributed by atoms with Gasteiger partial charge >= 0.3 is 5.91 Å². The van der Waals surface area contributed by atoms with Crippen LogP contribution in [0, 0.1) is 0 Å². The number of fused-ring (bicyclic) bond motifs is 1. The Labute approximate surface area is 73.7 Å². The fraction of sp³-hybridized carbons (Fsp3) is 0.125. The minimum absolute atomic E-state index is 0.0548. The van der Waals surface area contributed by atoms with Gasteiger partial charge in [0.1, 0.15) is 5.70 Å². The van der Waals surface area contributed by atoms with Crippen molar-refractivity contribution in [3.05, 3.63) is 23.6 Å². The highest BCUT2D eigenvalue weighted by Crippen LogP contribution is 2.18. The summed E-state index contributed by atoms with van der Waals surface area (Å²) in [5.41, 5.74) is 2.61. The predicted molar refractivity (Wildman–Crippen MR) is 43.5 cm³/mol. The minimum Gasteiger partial charge on any atom is -0.377 e. The van der Waals surface area contributed by atoms with Gasteiger partial charge < -0.3 is 4.84 Å². The van der Waals surface area contributed by atoms with Crippen molar-refractivity contribution < 1.29 is 14.4 Å². The first-order chi connectivity index (χ1) is 6.27. The van der Waals surface area contributed by atoms with Gasteiger partial charge in [-0.1, -0.05) is 0 Å². The predicted octanol–water partition coefficient (Wildman–Crippen LogP) is -0.141. The maximum atomic E-state index is 10.9. The second kappa shape index (κ2) is 2.85. The van der Waals surface area contributed by atoms with E-state index in [1.54, 1.807) is 18.4 Å². The molecule has 2 rings (SSSR count). The number of amides is 1. The van der Waals surface area contributed by atoms with E-state index in [2.05, 4.69) is 4.99 Å². The molecular weight excluding hydrogens is 172 g/mol. The van der Waals surface area contributed by atoms with E-state index in [1.807, 2.05) is 5.48 Å². The first kappa shape index (κ1) is 7.72. The smallest absolute Gasteiger partial charge is 0.320 e. The molecule has 0 bridgehead atoms. The summed E-state index contributed by atoms with van der Waals surface area (Å²) in [5.74, 6) is -0.808. The van der Waals surface area contributed by atoms with E-state index in [0.29, 0.717) is 11.5 Å². The third kappa shape index (κ3) is 1.35. The van der Waals surface area contributed by atoms with Crippen LogP contribution in [-0.2, 0) is 14.4 Å². The van der Waals surface area contributed by atoms with Crippen molar-refractivity contribution in [2.24, 2.45) is 4.99 Å². The summed E-state index contributed by atoms with van der Waals surface area (Å²) >= 11 is 0. The summed E-state index contributed by atoms with van der Waals surface area (Å²) in [6, 6.07) is 0. The lowest BCUT2D eigenvalue weighted by Gasteiger charge is -2.09. The van der Waals surface area contributed by atoms with Crippen LogP contribution in [0.2, 0.25) is 0 Å². The van der Waals surface area contributed by atoms with E-state index >= 15 is 0 Å². The molecule has 1 amide bonds. The van der Waals surface area contributed by atoms with Crippen LogP contribution >= 0.6 is 0 Å². The SMILES string of the molecule is O=C1C/C=C2/N=CC=C2ONC1=O. The number of Topliss-reactive ketones (excluding diaryl/α,β-unsaturated/α-hetero) is 1. The molecule has 13 heavy (non-hydrogen) atoms. The number of hydrogen-bond acceptors (Lipinski definition) is 4. The largest absolute Gasteiger partial charge is 0.377 e. The third-order valence-corrected chi connectivity index (χ3v) is 1.68. The van der Waals surface area contributed by atoms with Crippen LogP contribution < -0.4 is 5.48 Å². The molecule has 0 spiro atoms. The van der Waals surface area contributed by atoms with Crippen LogP contribution in [-0.4, -0.2) is 17.9 Å². The summed E-state index contributed by atoms with van der Waals surface area (Å²) in [6.45, 7) is 0. The van der Waals surface area contributed by atoms with Crippen LogP contribution in [0.1, 0.15) is 6.42 Å². The number of hydrogen-bond donors (Lipinski definition) is 1. The molecule has 0 atom stereocenters. The number of hydroxylamine groups is 1. The van der Waals surface area contributed by atoms with E-state index in [9.17, 15) is 9.59 Å². The van der Waals surface area contributed by atoms with Crippen LogP contribution in [0.25, 0.3) is 0 Å². The highest BCUT2D eigenvalue weighted by Gasteiger charge is 2.20. The lowest BCUT2D eigenvalue weighted by atomic mass is 10.2. The average molecular weight is 178 g/mol. The van der Waals surface area contributed by atoms with Gasteiger partial charge in [0.15, 0.2) is 5.76 Å². The molecular formula is C8H6N2O3. The van der Waals surface area contributed by atoms with E-state index in [1.165, 1.54) is 0 Å². The van der Waals surface area contributed by atoms with Gasteiger partial charge in [-0.15, -0.1) is 0 Å². The second-order valence-corrected chi connectivity index (χ2v) is 2.56. The number of nitrogens with zero attached hydrogens (tertiary/aromatic N) is 1. The van der Waals surface area contributed by atoms with Crippen LogP contribution in [0.15, 0.2) is 28.6 Å². The molecule has 0 aromatic carbocycles. The lowest BCUT2D eigenvalue weighted by Crippen LogP contribution is -2.31. The third-order valence-electron chi connectivity index (χ3n) is 1.68. The monoisotopic (exact) mass is 178 g/mol. The Morgan fingerprint density at radius 1 is 1.46 bits per heavy atom. The van der Waals surface area contributed by atoms with Gasteiger partial charge in [0.05, 0.1) is 0 Å². The molecule has 1 N–H and O–H groups in total. The number of aliphatic imine (C=N–C) groups is 1. The maximum Gasteiger partial charge on any atom is 0.320 e. The zero-order valence-corrected chi connectivity index (χ0v) is 6.61. The van der Waals surface area contributed by atoms with Crippen molar-refractivity contribution in [1.29, 1.82) is 0 Å². The number of rotatable bonds is 0. The molecule has 0 aliphatic carbocycles. The Balaban J connectivity index is 2.28. The fourth-order valence-electron chi connectivity index (χ4n) is 1.01. The molecule has 0 saturated heterocycles. The van der Waals surface area contributed by atoms with Crippen molar-refractivity contribution in [3.63, 3.8) is 0 Å². The summed E-state index contributed by atoms with van der Waals surface area (Å²) in [6.07, 6.45) is 4.78. The first-order valence-electron chi connectivity index (χ1n) is 3.72. The Morgan fingerprint density at radius 2 is 2.31 bits per heavy atom. The molecule has 0 aromatic heterocycles. The molecule has 0 radical (unpaired) electrons. The molecule has 2 heterocycles. The van der Waals surface area contributed by atoms with E-state index < -0.39 is 11.7 Å². The molecule has 2 aliphatic rings. The van der Waals surface area contributed by atoms with E-state index in [0.717, 1.165) is 0 Å². The summed E-state index contributed by atoms with van der Waals surface area (Å²) in [7, 11) is 0. The Morgan fingerprint density at radius 3 is 3.15 bits per heavy atom. The first-order valence-corrected chi connectivity index (χ1v) is 3.72. The molecule has 5 nitrogen and oxygen atoms in total. The number of ketones is 1. The van der Waals surface area contributed by atoms with Gasteiger partial charge in [0.2, 0.25) is 5.78 Å². The van der Waals surface area contributed by atoms with Gasteiger partial charge in [-0.25, -0.2) is 0 Å². The van der Waals surface area contributed by atoms with Crippen molar-refractivity contribution in [3.8, 4) is 0 Å². The number of carbonyl (C=O) groups excluding carboxylic acids is 2. The molecule has 0 aromatic rings. The van der Waals surface area contributed by atoms with Gasteiger partial charge in [0, 0.05) is 18.7 Å². The number of allylic oxidation sites excluding steroid dienone is 2. The second-order valence-electron chi connectivity index (χ2n) is 2.56. The molecule has 2 aliphatic heterocycles. The minimum atomic E-state index is -0.733. The van der Waals surface area contributed by atoms with Crippen molar-refractivity contribution in [1.82, 2.24) is 5.48 Å².